The Morgan fingerprint density at radius 3 is 2.90 bits per heavy atom. The minimum atomic E-state index is 0.0226. The van der Waals surface area contributed by atoms with Gasteiger partial charge in [-0.05, 0) is 19.5 Å². The molecule has 2 aliphatic rings. The SMILES string of the molecule is CCN(CC)CCOC1CCN(C(=O)C2CSCN2)C1. The number of nitrogens with one attached hydrogen (secondary N) is 1. The highest BCUT2D eigenvalue weighted by atomic mass is 32.2. The molecule has 0 aliphatic carbocycles. The maximum atomic E-state index is 12.3. The zero-order valence-electron chi connectivity index (χ0n) is 12.6. The lowest BCUT2D eigenvalue weighted by Crippen LogP contribution is -2.44. The summed E-state index contributed by atoms with van der Waals surface area (Å²) >= 11 is 1.80. The molecule has 20 heavy (non-hydrogen) atoms. The van der Waals surface area contributed by atoms with Crippen LogP contribution in [-0.4, -0.2) is 78.8 Å². The van der Waals surface area contributed by atoms with Crippen LogP contribution in [0.5, 0.6) is 0 Å². The number of amides is 1. The number of ether oxygens (including phenoxy) is 1. The van der Waals surface area contributed by atoms with Crippen LogP contribution in [0.15, 0.2) is 0 Å². The number of thioether (sulfide) groups is 1. The average Bonchev–Trinajstić information content (AvgIpc) is 3.14. The Morgan fingerprint density at radius 1 is 1.45 bits per heavy atom. The van der Waals surface area contributed by atoms with Crippen LogP contribution >= 0.6 is 11.8 Å². The lowest BCUT2D eigenvalue weighted by Gasteiger charge is -2.21. The summed E-state index contributed by atoms with van der Waals surface area (Å²) in [5, 5.41) is 3.25. The number of carbonyl (C=O) groups excluding carboxylic acids is 1. The molecule has 2 saturated heterocycles. The van der Waals surface area contributed by atoms with E-state index in [9.17, 15) is 4.79 Å². The van der Waals surface area contributed by atoms with Crippen molar-refractivity contribution in [3.05, 3.63) is 0 Å². The Hall–Kier alpha value is -0.300. The number of rotatable bonds is 7. The maximum absolute atomic E-state index is 12.3. The van der Waals surface area contributed by atoms with Gasteiger partial charge in [0.05, 0.1) is 18.8 Å². The first-order valence-corrected chi connectivity index (χ1v) is 8.84. The van der Waals surface area contributed by atoms with Crippen molar-refractivity contribution in [2.45, 2.75) is 32.4 Å². The summed E-state index contributed by atoms with van der Waals surface area (Å²) in [6, 6.07) is 0.0226. The van der Waals surface area contributed by atoms with Crippen LogP contribution in [0.2, 0.25) is 0 Å². The number of likely N-dealkylation sites (N-methyl/N-ethyl adjacent to an activating group) is 1. The van der Waals surface area contributed by atoms with Crippen LogP contribution in [0, 0.1) is 0 Å². The summed E-state index contributed by atoms with van der Waals surface area (Å²) in [5.41, 5.74) is 0. The number of hydrogen-bond acceptors (Lipinski definition) is 5. The van der Waals surface area contributed by atoms with Gasteiger partial charge in [-0.2, -0.15) is 0 Å². The van der Waals surface area contributed by atoms with Crippen LogP contribution in [0.4, 0.5) is 0 Å². The van der Waals surface area contributed by atoms with E-state index in [1.807, 2.05) is 4.90 Å². The molecule has 0 saturated carbocycles. The molecule has 2 heterocycles. The molecule has 2 rings (SSSR count). The number of carbonyl (C=O) groups is 1. The summed E-state index contributed by atoms with van der Waals surface area (Å²) in [4.78, 5) is 16.6. The van der Waals surface area contributed by atoms with E-state index in [1.165, 1.54) is 0 Å². The molecular weight excluding hydrogens is 274 g/mol. The van der Waals surface area contributed by atoms with Crippen molar-refractivity contribution in [3.63, 3.8) is 0 Å². The molecule has 0 aromatic rings. The fourth-order valence-electron chi connectivity index (χ4n) is 2.73. The van der Waals surface area contributed by atoms with Crippen LogP contribution in [-0.2, 0) is 9.53 Å². The van der Waals surface area contributed by atoms with Gasteiger partial charge in [0, 0.05) is 31.3 Å². The van der Waals surface area contributed by atoms with Gasteiger partial charge in [-0.25, -0.2) is 0 Å². The summed E-state index contributed by atoms with van der Waals surface area (Å²) in [7, 11) is 0. The predicted octanol–water partition coefficient (Wildman–Crippen LogP) is 0.608. The van der Waals surface area contributed by atoms with Crippen LogP contribution < -0.4 is 5.32 Å². The highest BCUT2D eigenvalue weighted by molar-refractivity contribution is 7.99. The lowest BCUT2D eigenvalue weighted by molar-refractivity contribution is -0.132. The Labute approximate surface area is 126 Å². The molecule has 2 aliphatic heterocycles. The molecule has 0 bridgehead atoms. The van der Waals surface area contributed by atoms with Crippen molar-refractivity contribution >= 4 is 17.7 Å². The van der Waals surface area contributed by atoms with Gasteiger partial charge < -0.3 is 14.5 Å². The van der Waals surface area contributed by atoms with Crippen LogP contribution in [0.1, 0.15) is 20.3 Å². The first-order chi connectivity index (χ1) is 9.74. The standard InChI is InChI=1S/C14H27N3O2S/c1-3-16(4-2)7-8-19-12-5-6-17(9-12)14(18)13-10-20-11-15-13/h12-13,15H,3-11H2,1-2H3. The van der Waals surface area contributed by atoms with Gasteiger partial charge in [-0.15, -0.1) is 11.8 Å². The maximum Gasteiger partial charge on any atom is 0.240 e. The molecule has 5 nitrogen and oxygen atoms in total. The Morgan fingerprint density at radius 2 is 2.25 bits per heavy atom. The zero-order valence-corrected chi connectivity index (χ0v) is 13.5. The molecule has 1 N–H and O–H groups in total. The Bertz CT molecular complexity index is 307. The third kappa shape index (κ3) is 4.35. The highest BCUT2D eigenvalue weighted by Crippen LogP contribution is 2.17. The molecule has 0 aromatic carbocycles. The van der Waals surface area contributed by atoms with Gasteiger partial charge in [0.25, 0.3) is 0 Å². The minimum Gasteiger partial charge on any atom is -0.375 e. The first kappa shape index (κ1) is 16.1. The third-order valence-corrected chi connectivity index (χ3v) is 5.07. The second kappa shape index (κ2) is 8.22. The van der Waals surface area contributed by atoms with E-state index in [4.69, 9.17) is 4.74 Å². The minimum absolute atomic E-state index is 0.0226. The monoisotopic (exact) mass is 301 g/mol. The van der Waals surface area contributed by atoms with E-state index in [-0.39, 0.29) is 18.1 Å². The molecule has 2 atom stereocenters. The fourth-order valence-corrected chi connectivity index (χ4v) is 3.66. The topological polar surface area (TPSA) is 44.8 Å². The van der Waals surface area contributed by atoms with Gasteiger partial charge >= 0.3 is 0 Å². The summed E-state index contributed by atoms with van der Waals surface area (Å²) in [5.74, 6) is 2.06. The normalized spacial score (nSPS) is 26.6. The molecule has 0 radical (unpaired) electrons. The Kier molecular flexibility index (Phi) is 6.61. The van der Waals surface area contributed by atoms with Crippen molar-refractivity contribution in [1.29, 1.82) is 0 Å². The smallest absolute Gasteiger partial charge is 0.240 e. The molecule has 2 unspecified atom stereocenters. The van der Waals surface area contributed by atoms with Crippen molar-refractivity contribution in [2.24, 2.45) is 0 Å². The number of nitrogens with zero attached hydrogens (tertiary/aromatic N) is 2. The Balaban J connectivity index is 1.65. The molecule has 0 aromatic heterocycles. The van der Waals surface area contributed by atoms with Crippen LogP contribution in [0.25, 0.3) is 0 Å². The molecule has 1 amide bonds. The van der Waals surface area contributed by atoms with E-state index in [0.717, 1.165) is 57.4 Å². The van der Waals surface area contributed by atoms with Crippen LogP contribution in [0.3, 0.4) is 0 Å². The lowest BCUT2D eigenvalue weighted by atomic mass is 10.3. The van der Waals surface area contributed by atoms with Crippen molar-refractivity contribution in [3.8, 4) is 0 Å². The van der Waals surface area contributed by atoms with Crippen molar-refractivity contribution < 1.29 is 9.53 Å². The summed E-state index contributed by atoms with van der Waals surface area (Å²) in [6.07, 6.45) is 1.20. The number of hydrogen-bond donors (Lipinski definition) is 1. The van der Waals surface area contributed by atoms with Gasteiger partial charge in [-0.3, -0.25) is 10.1 Å². The van der Waals surface area contributed by atoms with E-state index in [1.54, 1.807) is 11.8 Å². The molecule has 0 spiro atoms. The van der Waals surface area contributed by atoms with Gasteiger partial charge in [0.1, 0.15) is 0 Å². The van der Waals surface area contributed by atoms with Crippen molar-refractivity contribution in [1.82, 2.24) is 15.1 Å². The van der Waals surface area contributed by atoms with Gasteiger partial charge in [-0.1, -0.05) is 13.8 Å². The summed E-state index contributed by atoms with van der Waals surface area (Å²) in [6.45, 7) is 9.85. The second-order valence-electron chi connectivity index (χ2n) is 5.36. The van der Waals surface area contributed by atoms with E-state index >= 15 is 0 Å². The third-order valence-electron chi connectivity index (χ3n) is 4.13. The van der Waals surface area contributed by atoms with E-state index in [2.05, 4.69) is 24.1 Å². The van der Waals surface area contributed by atoms with Gasteiger partial charge in [0.15, 0.2) is 0 Å². The molecule has 6 heteroatoms. The number of likely N-dealkylation sites (tertiary alicyclic amines) is 1. The largest absolute Gasteiger partial charge is 0.375 e. The molecule has 2 fully saturated rings. The predicted molar refractivity (Wildman–Crippen MR) is 83.0 cm³/mol. The quantitative estimate of drug-likeness (QED) is 0.746. The first-order valence-electron chi connectivity index (χ1n) is 7.68. The highest BCUT2D eigenvalue weighted by Gasteiger charge is 2.32. The summed E-state index contributed by atoms with van der Waals surface area (Å²) < 4.78 is 5.92. The fraction of sp³-hybridized carbons (Fsp3) is 0.929. The molecular formula is C14H27N3O2S. The van der Waals surface area contributed by atoms with Crippen molar-refractivity contribution in [2.75, 3.05) is 51.0 Å². The van der Waals surface area contributed by atoms with Gasteiger partial charge in [0.2, 0.25) is 5.91 Å². The second-order valence-corrected chi connectivity index (χ2v) is 6.39. The van der Waals surface area contributed by atoms with E-state index in [0.29, 0.717) is 0 Å². The molecule has 116 valence electrons. The van der Waals surface area contributed by atoms with E-state index < -0.39 is 0 Å². The zero-order chi connectivity index (χ0) is 14.4. The average molecular weight is 301 g/mol.